The first-order valence-corrected chi connectivity index (χ1v) is 10.9. The number of amides is 2. The minimum atomic E-state index is -0.931. The van der Waals surface area contributed by atoms with Gasteiger partial charge in [-0.15, -0.1) is 11.3 Å². The van der Waals surface area contributed by atoms with Crippen LogP contribution in [-0.4, -0.2) is 22.9 Å². The predicted octanol–water partition coefficient (Wildman–Crippen LogP) is 3.21. The fraction of sp³-hybridized carbons (Fsp3) is 0.571. The average molecular weight is 403 g/mol. The van der Waals surface area contributed by atoms with Gasteiger partial charge in [0, 0.05) is 4.88 Å². The molecule has 28 heavy (non-hydrogen) atoms. The van der Waals surface area contributed by atoms with Crippen LogP contribution in [0.15, 0.2) is 12.2 Å². The van der Waals surface area contributed by atoms with Gasteiger partial charge in [-0.25, -0.2) is 0 Å². The van der Waals surface area contributed by atoms with Crippen LogP contribution >= 0.6 is 11.3 Å². The van der Waals surface area contributed by atoms with E-state index in [-0.39, 0.29) is 17.7 Å². The van der Waals surface area contributed by atoms with E-state index in [2.05, 4.69) is 12.2 Å². The molecule has 4 rings (SSSR count). The number of anilines is 1. The molecule has 6 nitrogen and oxygen atoms in total. The third-order valence-electron chi connectivity index (χ3n) is 6.59. The summed E-state index contributed by atoms with van der Waals surface area (Å²) in [6.07, 6.45) is 9.62. The second-order valence-electron chi connectivity index (χ2n) is 8.30. The number of aliphatic carboxylic acids is 1. The summed E-state index contributed by atoms with van der Waals surface area (Å²) in [5.74, 6) is -2.59. The molecule has 1 saturated carbocycles. The maximum absolute atomic E-state index is 13.0. The number of carboxylic acid groups (broad SMARTS) is 1. The quantitative estimate of drug-likeness (QED) is 0.635. The lowest BCUT2D eigenvalue weighted by molar-refractivity contribution is -0.146. The average Bonchev–Trinajstić information content (AvgIpc) is 3.33. The van der Waals surface area contributed by atoms with E-state index in [1.807, 2.05) is 12.2 Å². The number of nitrogens with one attached hydrogen (secondary N) is 1. The van der Waals surface area contributed by atoms with Gasteiger partial charge in [-0.1, -0.05) is 31.9 Å². The van der Waals surface area contributed by atoms with Crippen molar-refractivity contribution in [1.29, 1.82) is 0 Å². The number of rotatable bonds is 6. The van der Waals surface area contributed by atoms with Gasteiger partial charge in [0.25, 0.3) is 5.91 Å². The number of carbonyl (C=O) groups excluding carboxylic acids is 2. The van der Waals surface area contributed by atoms with Gasteiger partial charge in [-0.2, -0.15) is 0 Å². The van der Waals surface area contributed by atoms with Crippen molar-refractivity contribution in [2.75, 3.05) is 5.32 Å². The van der Waals surface area contributed by atoms with Crippen LogP contribution in [0.5, 0.6) is 0 Å². The van der Waals surface area contributed by atoms with Crippen molar-refractivity contribution in [2.24, 2.45) is 35.3 Å². The van der Waals surface area contributed by atoms with E-state index in [1.165, 1.54) is 11.3 Å². The predicted molar refractivity (Wildman–Crippen MR) is 107 cm³/mol. The summed E-state index contributed by atoms with van der Waals surface area (Å²) in [6.45, 7) is 2.17. The van der Waals surface area contributed by atoms with Gasteiger partial charge in [0.2, 0.25) is 5.91 Å². The zero-order valence-electron chi connectivity index (χ0n) is 15.9. The maximum Gasteiger partial charge on any atom is 0.307 e. The fourth-order valence-electron chi connectivity index (χ4n) is 5.37. The number of nitrogens with two attached hydrogens (primary N) is 1. The van der Waals surface area contributed by atoms with Crippen LogP contribution in [0.3, 0.4) is 0 Å². The topological polar surface area (TPSA) is 109 Å². The van der Waals surface area contributed by atoms with Crippen LogP contribution in [0.2, 0.25) is 0 Å². The number of carboxylic acids is 1. The first-order chi connectivity index (χ1) is 13.4. The van der Waals surface area contributed by atoms with Crippen LogP contribution in [0.4, 0.5) is 5.00 Å². The van der Waals surface area contributed by atoms with Crippen LogP contribution in [0.1, 0.15) is 53.4 Å². The third kappa shape index (κ3) is 3.15. The van der Waals surface area contributed by atoms with E-state index in [9.17, 15) is 19.5 Å². The van der Waals surface area contributed by atoms with E-state index >= 15 is 0 Å². The summed E-state index contributed by atoms with van der Waals surface area (Å²) in [6, 6.07) is 0. The number of hydrogen-bond donors (Lipinski definition) is 3. The number of hydrogen-bond acceptors (Lipinski definition) is 4. The molecule has 150 valence electrons. The van der Waals surface area contributed by atoms with Crippen molar-refractivity contribution < 1.29 is 19.5 Å². The lowest BCUT2D eigenvalue weighted by atomic mass is 9.82. The van der Waals surface area contributed by atoms with Crippen molar-refractivity contribution >= 4 is 34.1 Å². The van der Waals surface area contributed by atoms with Gasteiger partial charge in [-0.05, 0) is 49.0 Å². The number of thiophene rings is 1. The molecule has 0 spiro atoms. The van der Waals surface area contributed by atoms with E-state index in [0.717, 1.165) is 42.5 Å². The van der Waals surface area contributed by atoms with Gasteiger partial charge < -0.3 is 16.2 Å². The monoisotopic (exact) mass is 402 g/mol. The Bertz CT molecular complexity index is 859. The molecule has 3 aliphatic rings. The summed E-state index contributed by atoms with van der Waals surface area (Å²) < 4.78 is 0. The SMILES string of the molecule is CCC[C@H]1CCc2c(sc(NC(=O)[C@H]3[C@@H](C(=O)O)[C@H]4C=C[C@@H]3C4)c2C(N)=O)C1. The highest BCUT2D eigenvalue weighted by Crippen LogP contribution is 2.49. The molecule has 4 N–H and O–H groups in total. The molecule has 3 aliphatic carbocycles. The highest BCUT2D eigenvalue weighted by molar-refractivity contribution is 7.17. The van der Waals surface area contributed by atoms with Crippen molar-refractivity contribution in [2.45, 2.75) is 45.4 Å². The molecular formula is C21H26N2O4S. The van der Waals surface area contributed by atoms with Crippen LogP contribution in [-0.2, 0) is 22.4 Å². The van der Waals surface area contributed by atoms with E-state index in [4.69, 9.17) is 5.73 Å². The Morgan fingerprint density at radius 3 is 2.61 bits per heavy atom. The molecule has 0 saturated heterocycles. The molecule has 2 bridgehead atoms. The summed E-state index contributed by atoms with van der Waals surface area (Å²) in [5.41, 5.74) is 7.05. The third-order valence-corrected chi connectivity index (χ3v) is 7.76. The van der Waals surface area contributed by atoms with Crippen molar-refractivity contribution in [3.8, 4) is 0 Å². The van der Waals surface area contributed by atoms with E-state index < -0.39 is 23.7 Å². The highest BCUT2D eigenvalue weighted by Gasteiger charge is 2.51. The molecule has 1 aromatic heterocycles. The first-order valence-electron chi connectivity index (χ1n) is 10.1. The van der Waals surface area contributed by atoms with Crippen LogP contribution in [0, 0.1) is 29.6 Å². The molecule has 1 heterocycles. The van der Waals surface area contributed by atoms with E-state index in [1.54, 1.807) is 0 Å². The number of primary amides is 1. The lowest BCUT2D eigenvalue weighted by Crippen LogP contribution is -2.36. The summed E-state index contributed by atoms with van der Waals surface area (Å²) in [4.78, 5) is 38.0. The Morgan fingerprint density at radius 2 is 1.96 bits per heavy atom. The minimum Gasteiger partial charge on any atom is -0.481 e. The molecule has 0 aliphatic heterocycles. The number of allylic oxidation sites excluding steroid dienone is 2. The molecule has 2 amide bonds. The van der Waals surface area contributed by atoms with Gasteiger partial charge in [-0.3, -0.25) is 14.4 Å². The molecule has 0 radical (unpaired) electrons. The number of carbonyl (C=O) groups is 3. The Labute approximate surface area is 168 Å². The standard InChI is InChI=1S/C21H26N2O4S/c1-2-3-10-4-7-13-14(8-10)28-20(17(13)18(22)24)23-19(25)15-11-5-6-12(9-11)16(15)21(26)27/h5-6,10-12,15-16H,2-4,7-9H2,1H3,(H2,22,24)(H,23,25)(H,26,27)/t10-,11+,12-,15+,16-/m0/s1. The van der Waals surface area contributed by atoms with Gasteiger partial charge in [0.15, 0.2) is 0 Å². The molecule has 0 unspecified atom stereocenters. The largest absolute Gasteiger partial charge is 0.481 e. The summed E-state index contributed by atoms with van der Waals surface area (Å²) in [5, 5.41) is 13.0. The van der Waals surface area contributed by atoms with Crippen molar-refractivity contribution in [1.82, 2.24) is 0 Å². The smallest absolute Gasteiger partial charge is 0.307 e. The van der Waals surface area contributed by atoms with Crippen molar-refractivity contribution in [3.63, 3.8) is 0 Å². The molecule has 1 fully saturated rings. The Balaban J connectivity index is 1.60. The van der Waals surface area contributed by atoms with Crippen LogP contribution < -0.4 is 11.1 Å². The lowest BCUT2D eigenvalue weighted by Gasteiger charge is -2.23. The molecule has 0 aromatic carbocycles. The Morgan fingerprint density at radius 1 is 1.25 bits per heavy atom. The minimum absolute atomic E-state index is 0.0494. The Hall–Kier alpha value is -2.15. The second kappa shape index (κ2) is 7.35. The molecular weight excluding hydrogens is 376 g/mol. The second-order valence-corrected chi connectivity index (χ2v) is 9.40. The first kappa shape index (κ1) is 19.2. The zero-order chi connectivity index (χ0) is 20.0. The summed E-state index contributed by atoms with van der Waals surface area (Å²) >= 11 is 1.44. The van der Waals surface area contributed by atoms with Gasteiger partial charge in [0.1, 0.15) is 5.00 Å². The maximum atomic E-state index is 13.0. The molecule has 7 heteroatoms. The van der Waals surface area contributed by atoms with E-state index in [0.29, 0.717) is 22.9 Å². The number of fused-ring (bicyclic) bond motifs is 3. The fourth-order valence-corrected chi connectivity index (χ4v) is 6.74. The zero-order valence-corrected chi connectivity index (χ0v) is 16.8. The van der Waals surface area contributed by atoms with Gasteiger partial charge >= 0.3 is 5.97 Å². The molecule has 1 aromatic rings. The highest BCUT2D eigenvalue weighted by atomic mass is 32.1. The molecule has 5 atom stereocenters. The van der Waals surface area contributed by atoms with Crippen molar-refractivity contribution in [3.05, 3.63) is 28.2 Å². The van der Waals surface area contributed by atoms with Crippen LogP contribution in [0.25, 0.3) is 0 Å². The Kier molecular flexibility index (Phi) is 5.04. The normalized spacial score (nSPS) is 30.2. The summed E-state index contributed by atoms with van der Waals surface area (Å²) in [7, 11) is 0. The van der Waals surface area contributed by atoms with Gasteiger partial charge in [0.05, 0.1) is 17.4 Å².